The van der Waals surface area contributed by atoms with Gasteiger partial charge in [0.25, 0.3) is 11.8 Å². The van der Waals surface area contributed by atoms with Crippen molar-refractivity contribution in [2.75, 3.05) is 32.8 Å². The highest BCUT2D eigenvalue weighted by molar-refractivity contribution is 6.06. The molecule has 1 aliphatic rings. The molecule has 10 nitrogen and oxygen atoms in total. The zero-order chi connectivity index (χ0) is 28.9. The molecule has 1 amide bonds. The zero-order valence-electron chi connectivity index (χ0n) is 22.8. The first-order chi connectivity index (χ1) is 19.9. The maximum atomic E-state index is 15.1. The van der Waals surface area contributed by atoms with Crippen LogP contribution in [0, 0.1) is 18.7 Å². The van der Waals surface area contributed by atoms with Gasteiger partial charge in [-0.3, -0.25) is 14.8 Å². The van der Waals surface area contributed by atoms with E-state index in [9.17, 15) is 9.90 Å². The maximum absolute atomic E-state index is 15.1. The number of anilines is 1. The number of halogens is 1. The Hall–Kier alpha value is -4.77. The lowest BCUT2D eigenvalue weighted by Crippen LogP contribution is -2.13. The van der Waals surface area contributed by atoms with Crippen molar-refractivity contribution in [1.29, 1.82) is 0 Å². The van der Waals surface area contributed by atoms with Crippen molar-refractivity contribution in [2.24, 2.45) is 5.92 Å². The maximum Gasteiger partial charge on any atom is 0.261 e. The van der Waals surface area contributed by atoms with Gasteiger partial charge in [0.15, 0.2) is 23.1 Å². The van der Waals surface area contributed by atoms with Crippen LogP contribution >= 0.6 is 0 Å². The highest BCUT2D eigenvalue weighted by Crippen LogP contribution is 2.36. The monoisotopic (exact) mass is 560 g/mol. The molecule has 5 rings (SSSR count). The van der Waals surface area contributed by atoms with Crippen LogP contribution in [0.5, 0.6) is 28.9 Å². The van der Waals surface area contributed by atoms with Crippen molar-refractivity contribution in [1.82, 2.24) is 15.0 Å². The number of aryl methyl sites for hydroxylation is 1. The van der Waals surface area contributed by atoms with Crippen LogP contribution in [0.3, 0.4) is 0 Å². The number of carbonyl (C=O) groups is 1. The predicted molar refractivity (Wildman–Crippen MR) is 150 cm³/mol. The van der Waals surface area contributed by atoms with Crippen LogP contribution in [0.15, 0.2) is 48.8 Å². The van der Waals surface area contributed by atoms with E-state index < -0.39 is 11.7 Å². The molecule has 0 radical (unpaired) electrons. The number of ether oxygens (including phenoxy) is 4. The lowest BCUT2D eigenvalue weighted by Gasteiger charge is -2.14. The SMILES string of the molecule is COCCOc1cc2nccc(Oc3ccc(NC(=O)c4cnc(C)c(/C=C/C5CC5)c4O)cc3F)c2nc1OC. The summed E-state index contributed by atoms with van der Waals surface area (Å²) in [6.45, 7) is 2.44. The van der Waals surface area contributed by atoms with Gasteiger partial charge in [-0.15, -0.1) is 0 Å². The van der Waals surface area contributed by atoms with Gasteiger partial charge in [0.1, 0.15) is 23.4 Å². The number of nitrogens with zero attached hydrogens (tertiary/aromatic N) is 3. The number of amides is 1. The summed E-state index contributed by atoms with van der Waals surface area (Å²) in [6.07, 6.45) is 8.83. The van der Waals surface area contributed by atoms with Crippen molar-refractivity contribution in [3.63, 3.8) is 0 Å². The van der Waals surface area contributed by atoms with Gasteiger partial charge in [-0.25, -0.2) is 9.37 Å². The second-order valence-electron chi connectivity index (χ2n) is 9.43. The van der Waals surface area contributed by atoms with Gasteiger partial charge in [0, 0.05) is 54.6 Å². The van der Waals surface area contributed by atoms with Gasteiger partial charge in [-0.1, -0.05) is 12.2 Å². The number of allylic oxidation sites excluding steroid dienone is 1. The normalized spacial score (nSPS) is 13.0. The number of carbonyl (C=O) groups excluding carboxylic acids is 1. The molecule has 1 fully saturated rings. The van der Waals surface area contributed by atoms with Crippen LogP contribution in [0.2, 0.25) is 0 Å². The molecule has 2 N–H and O–H groups in total. The highest BCUT2D eigenvalue weighted by atomic mass is 19.1. The summed E-state index contributed by atoms with van der Waals surface area (Å²) in [6, 6.07) is 7.20. The number of hydrogen-bond donors (Lipinski definition) is 2. The molecule has 0 spiro atoms. The van der Waals surface area contributed by atoms with Crippen LogP contribution in [-0.4, -0.2) is 53.4 Å². The molecule has 4 aromatic rings. The molecule has 0 aliphatic heterocycles. The van der Waals surface area contributed by atoms with E-state index in [1.165, 1.54) is 31.6 Å². The summed E-state index contributed by atoms with van der Waals surface area (Å²) in [5.74, 6) is -0.275. The third-order valence-corrected chi connectivity index (χ3v) is 6.44. The average Bonchev–Trinajstić information content (AvgIpc) is 3.79. The van der Waals surface area contributed by atoms with Gasteiger partial charge in [0.2, 0.25) is 0 Å². The minimum atomic E-state index is -0.724. The quantitative estimate of drug-likeness (QED) is 0.223. The number of rotatable bonds is 11. The molecule has 0 bridgehead atoms. The number of methoxy groups -OCH3 is 2. The first kappa shape index (κ1) is 27.8. The molecule has 212 valence electrons. The highest BCUT2D eigenvalue weighted by Gasteiger charge is 2.21. The standard InChI is InChI=1S/C30H29FN4O6/c1-17-20(8-6-18-4-5-18)28(36)21(16-33-17)29(37)34-19-7-9-24(22(31)14-19)41-25-10-11-32-23-15-26(40-13-12-38-2)30(39-3)35-27(23)25/h6-11,14-16,18H,4-5,12-13H2,1-3H3,(H,33,36)(H,34,37)/b8-6+. The van der Waals surface area contributed by atoms with Crippen LogP contribution in [-0.2, 0) is 4.74 Å². The van der Waals surface area contributed by atoms with E-state index in [4.69, 9.17) is 18.9 Å². The number of pyridine rings is 3. The van der Waals surface area contributed by atoms with E-state index in [0.29, 0.717) is 47.2 Å². The molecule has 3 heterocycles. The zero-order valence-corrected chi connectivity index (χ0v) is 22.8. The third-order valence-electron chi connectivity index (χ3n) is 6.44. The van der Waals surface area contributed by atoms with Gasteiger partial charge < -0.3 is 29.4 Å². The van der Waals surface area contributed by atoms with Gasteiger partial charge >= 0.3 is 0 Å². The Bertz CT molecular complexity index is 1620. The van der Waals surface area contributed by atoms with Gasteiger partial charge in [-0.2, -0.15) is 0 Å². The van der Waals surface area contributed by atoms with Crippen molar-refractivity contribution < 1.29 is 33.2 Å². The minimum absolute atomic E-state index is 0.0133. The fourth-order valence-corrected chi connectivity index (χ4v) is 4.05. The third kappa shape index (κ3) is 6.36. The summed E-state index contributed by atoms with van der Waals surface area (Å²) in [4.78, 5) is 25.9. The first-order valence-corrected chi connectivity index (χ1v) is 13.0. The van der Waals surface area contributed by atoms with E-state index in [-0.39, 0.29) is 34.4 Å². The summed E-state index contributed by atoms with van der Waals surface area (Å²) in [5, 5.41) is 13.3. The second-order valence-corrected chi connectivity index (χ2v) is 9.43. The Kier molecular flexibility index (Phi) is 8.25. The number of hydrogen-bond acceptors (Lipinski definition) is 9. The smallest absolute Gasteiger partial charge is 0.261 e. The fourth-order valence-electron chi connectivity index (χ4n) is 4.05. The molecule has 0 unspecified atom stereocenters. The molecule has 41 heavy (non-hydrogen) atoms. The number of fused-ring (bicyclic) bond motifs is 1. The van der Waals surface area contributed by atoms with E-state index in [0.717, 1.165) is 18.9 Å². The van der Waals surface area contributed by atoms with E-state index >= 15 is 4.39 Å². The fraction of sp³-hybridized carbons (Fsp3) is 0.267. The number of benzene rings is 1. The molecule has 0 saturated heterocycles. The van der Waals surface area contributed by atoms with Crippen molar-refractivity contribution in [2.45, 2.75) is 19.8 Å². The van der Waals surface area contributed by atoms with E-state index in [1.807, 2.05) is 6.08 Å². The van der Waals surface area contributed by atoms with Gasteiger partial charge in [0.05, 0.1) is 19.2 Å². The van der Waals surface area contributed by atoms with Crippen molar-refractivity contribution >= 4 is 28.7 Å². The molecule has 11 heteroatoms. The number of aromatic hydroxyl groups is 1. The topological polar surface area (TPSA) is 125 Å². The Balaban J connectivity index is 1.34. The Morgan fingerprint density at radius 3 is 2.68 bits per heavy atom. The summed E-state index contributed by atoms with van der Waals surface area (Å²) < 4.78 is 37.0. The second kappa shape index (κ2) is 12.2. The minimum Gasteiger partial charge on any atom is -0.506 e. The summed E-state index contributed by atoms with van der Waals surface area (Å²) in [5.41, 5.74) is 2.05. The number of nitrogens with one attached hydrogen (secondary N) is 1. The summed E-state index contributed by atoms with van der Waals surface area (Å²) >= 11 is 0. The first-order valence-electron chi connectivity index (χ1n) is 13.0. The molecule has 1 saturated carbocycles. The molecular formula is C30H29FN4O6. The molecule has 1 aromatic carbocycles. The lowest BCUT2D eigenvalue weighted by atomic mass is 10.1. The van der Waals surface area contributed by atoms with Crippen LogP contribution < -0.4 is 19.5 Å². The largest absolute Gasteiger partial charge is 0.506 e. The molecule has 3 aromatic heterocycles. The van der Waals surface area contributed by atoms with E-state index in [2.05, 4.69) is 20.3 Å². The number of aromatic nitrogens is 3. The van der Waals surface area contributed by atoms with Crippen LogP contribution in [0.4, 0.5) is 10.1 Å². The molecule has 0 atom stereocenters. The Labute approximate surface area is 235 Å². The molecule has 1 aliphatic carbocycles. The van der Waals surface area contributed by atoms with Crippen LogP contribution in [0.1, 0.15) is 34.5 Å². The average molecular weight is 561 g/mol. The van der Waals surface area contributed by atoms with Crippen LogP contribution in [0.25, 0.3) is 17.1 Å². The van der Waals surface area contributed by atoms with E-state index in [1.54, 1.807) is 32.2 Å². The Morgan fingerprint density at radius 1 is 1.12 bits per heavy atom. The Morgan fingerprint density at radius 2 is 1.95 bits per heavy atom. The lowest BCUT2D eigenvalue weighted by molar-refractivity contribution is 0.102. The van der Waals surface area contributed by atoms with Gasteiger partial charge in [-0.05, 0) is 37.8 Å². The summed E-state index contributed by atoms with van der Waals surface area (Å²) in [7, 11) is 3.03. The van der Waals surface area contributed by atoms with Crippen molar-refractivity contribution in [3.8, 4) is 28.9 Å². The predicted octanol–water partition coefficient (Wildman–Crippen LogP) is 5.68. The molecular weight excluding hydrogens is 531 g/mol. The van der Waals surface area contributed by atoms with Crippen molar-refractivity contribution in [3.05, 3.63) is 71.4 Å².